The Labute approximate surface area is 124 Å². The van der Waals surface area contributed by atoms with Gasteiger partial charge in [0.25, 0.3) is 5.91 Å². The molecule has 2 N–H and O–H groups in total. The highest BCUT2D eigenvalue weighted by molar-refractivity contribution is 5.97. The van der Waals surface area contributed by atoms with Crippen molar-refractivity contribution in [3.05, 3.63) is 35.4 Å². The van der Waals surface area contributed by atoms with Gasteiger partial charge in [-0.3, -0.25) is 9.59 Å². The molecule has 1 aliphatic heterocycles. The van der Waals surface area contributed by atoms with Gasteiger partial charge >= 0.3 is 5.97 Å². The number of amides is 1. The summed E-state index contributed by atoms with van der Waals surface area (Å²) in [6.45, 7) is 1.19. The summed E-state index contributed by atoms with van der Waals surface area (Å²) in [7, 11) is 1.37. The minimum Gasteiger partial charge on any atom is -0.469 e. The molecule has 0 bridgehead atoms. The first-order valence-electron chi connectivity index (χ1n) is 6.82. The van der Waals surface area contributed by atoms with Crippen LogP contribution in [-0.4, -0.2) is 43.5 Å². The van der Waals surface area contributed by atoms with E-state index in [4.69, 9.17) is 10.5 Å². The molecule has 1 aromatic rings. The smallest absolute Gasteiger partial charge is 0.310 e. The number of methoxy groups -OCH3 is 1. The number of hydrogen-bond acceptors (Lipinski definition) is 4. The molecule has 1 unspecified atom stereocenters. The number of rotatable bonds is 2. The Morgan fingerprint density at radius 3 is 2.90 bits per heavy atom. The zero-order valence-electron chi connectivity index (χ0n) is 12.0. The lowest BCUT2D eigenvalue weighted by Crippen LogP contribution is -2.30. The van der Waals surface area contributed by atoms with Crippen LogP contribution in [0.2, 0.25) is 0 Å². The summed E-state index contributed by atoms with van der Waals surface area (Å²) in [5.74, 6) is 5.06. The molecule has 1 aliphatic rings. The normalized spacial score (nSPS) is 17.0. The molecule has 110 valence electrons. The molecule has 21 heavy (non-hydrogen) atoms. The van der Waals surface area contributed by atoms with Gasteiger partial charge in [0.1, 0.15) is 0 Å². The van der Waals surface area contributed by atoms with E-state index in [0.29, 0.717) is 30.6 Å². The Morgan fingerprint density at radius 1 is 1.43 bits per heavy atom. The lowest BCUT2D eigenvalue weighted by Gasteiger charge is -2.17. The van der Waals surface area contributed by atoms with Crippen LogP contribution in [0.25, 0.3) is 0 Å². The highest BCUT2D eigenvalue weighted by Gasteiger charge is 2.32. The van der Waals surface area contributed by atoms with Crippen LogP contribution < -0.4 is 5.73 Å². The van der Waals surface area contributed by atoms with Crippen molar-refractivity contribution >= 4 is 11.9 Å². The molecule has 1 heterocycles. The monoisotopic (exact) mass is 286 g/mol. The number of carbonyl (C=O) groups is 2. The molecule has 0 aliphatic carbocycles. The lowest BCUT2D eigenvalue weighted by molar-refractivity contribution is -0.144. The van der Waals surface area contributed by atoms with Gasteiger partial charge in [-0.15, -0.1) is 0 Å². The van der Waals surface area contributed by atoms with Crippen molar-refractivity contribution in [1.29, 1.82) is 0 Å². The van der Waals surface area contributed by atoms with Crippen molar-refractivity contribution in [3.8, 4) is 11.8 Å². The van der Waals surface area contributed by atoms with Gasteiger partial charge in [0.05, 0.1) is 25.1 Å². The average molecular weight is 286 g/mol. The molecule has 5 heteroatoms. The minimum atomic E-state index is -0.262. The van der Waals surface area contributed by atoms with Crippen molar-refractivity contribution in [2.45, 2.75) is 6.42 Å². The third-order valence-corrected chi connectivity index (χ3v) is 3.49. The molecular weight excluding hydrogens is 268 g/mol. The summed E-state index contributed by atoms with van der Waals surface area (Å²) in [5.41, 5.74) is 6.58. The Kier molecular flexibility index (Phi) is 4.96. The van der Waals surface area contributed by atoms with Crippen LogP contribution in [0.3, 0.4) is 0 Å². The lowest BCUT2D eigenvalue weighted by atomic mass is 10.1. The summed E-state index contributed by atoms with van der Waals surface area (Å²) >= 11 is 0. The van der Waals surface area contributed by atoms with Crippen LogP contribution in [0.5, 0.6) is 0 Å². The van der Waals surface area contributed by atoms with Crippen LogP contribution in [0.1, 0.15) is 22.3 Å². The third kappa shape index (κ3) is 3.41. The number of nitrogens with two attached hydrogens (primary N) is 1. The first-order valence-corrected chi connectivity index (χ1v) is 6.82. The zero-order valence-corrected chi connectivity index (χ0v) is 12.0. The summed E-state index contributed by atoms with van der Waals surface area (Å²) in [5, 5.41) is 0. The van der Waals surface area contributed by atoms with Crippen LogP contribution in [0, 0.1) is 17.8 Å². The maximum atomic E-state index is 12.6. The minimum absolute atomic E-state index is 0.108. The second-order valence-corrected chi connectivity index (χ2v) is 4.81. The molecule has 5 nitrogen and oxygen atoms in total. The standard InChI is InChI=1S/C16H18N2O3/c1-21-16(20)13-8-10-18(11-13)15(19)14-7-3-2-5-12(14)6-4-9-17/h2-3,5,7,13H,8-11,17H2,1H3. The van der Waals surface area contributed by atoms with Crippen LogP contribution in [-0.2, 0) is 9.53 Å². The maximum Gasteiger partial charge on any atom is 0.310 e. The Hall–Kier alpha value is -2.32. The highest BCUT2D eigenvalue weighted by atomic mass is 16.5. The quantitative estimate of drug-likeness (QED) is 0.639. The van der Waals surface area contributed by atoms with Gasteiger partial charge in [-0.1, -0.05) is 24.0 Å². The fourth-order valence-electron chi connectivity index (χ4n) is 2.40. The Morgan fingerprint density at radius 2 is 2.19 bits per heavy atom. The number of nitrogens with zero attached hydrogens (tertiary/aromatic N) is 1. The molecule has 1 saturated heterocycles. The summed E-state index contributed by atoms with van der Waals surface area (Å²) < 4.78 is 4.73. The molecule has 1 fully saturated rings. The first-order chi connectivity index (χ1) is 10.2. The van der Waals surface area contributed by atoms with E-state index in [2.05, 4.69) is 11.8 Å². The van der Waals surface area contributed by atoms with E-state index in [9.17, 15) is 9.59 Å². The van der Waals surface area contributed by atoms with E-state index in [1.54, 1.807) is 23.1 Å². The second kappa shape index (κ2) is 6.91. The molecule has 1 aromatic carbocycles. The highest BCUT2D eigenvalue weighted by Crippen LogP contribution is 2.21. The largest absolute Gasteiger partial charge is 0.469 e. The summed E-state index contributed by atoms with van der Waals surface area (Å²) in [6, 6.07) is 7.17. The van der Waals surface area contributed by atoms with E-state index >= 15 is 0 Å². The van der Waals surface area contributed by atoms with Gasteiger partial charge < -0.3 is 15.4 Å². The van der Waals surface area contributed by atoms with E-state index in [0.717, 1.165) is 0 Å². The topological polar surface area (TPSA) is 72.6 Å². The maximum absolute atomic E-state index is 12.6. The molecule has 0 spiro atoms. The number of likely N-dealkylation sites (tertiary alicyclic amines) is 1. The van der Waals surface area contributed by atoms with Crippen molar-refractivity contribution < 1.29 is 14.3 Å². The molecule has 1 atom stereocenters. The van der Waals surface area contributed by atoms with E-state index in [-0.39, 0.29) is 24.3 Å². The van der Waals surface area contributed by atoms with Crippen molar-refractivity contribution in [1.82, 2.24) is 4.90 Å². The van der Waals surface area contributed by atoms with Crippen molar-refractivity contribution in [2.75, 3.05) is 26.7 Å². The molecular formula is C16H18N2O3. The molecule has 2 rings (SSSR count). The van der Waals surface area contributed by atoms with Crippen LogP contribution in [0.15, 0.2) is 24.3 Å². The summed E-state index contributed by atoms with van der Waals surface area (Å²) in [6.07, 6.45) is 0.634. The Bertz CT molecular complexity index is 601. The molecule has 0 aromatic heterocycles. The average Bonchev–Trinajstić information content (AvgIpc) is 3.01. The van der Waals surface area contributed by atoms with Gasteiger partial charge in [0.15, 0.2) is 0 Å². The van der Waals surface area contributed by atoms with E-state index < -0.39 is 0 Å². The second-order valence-electron chi connectivity index (χ2n) is 4.81. The van der Waals surface area contributed by atoms with Crippen LogP contribution in [0.4, 0.5) is 0 Å². The number of esters is 1. The fraction of sp³-hybridized carbons (Fsp3) is 0.375. The number of hydrogen-bond donors (Lipinski definition) is 1. The van der Waals surface area contributed by atoms with Gasteiger partial charge in [0.2, 0.25) is 0 Å². The number of carbonyl (C=O) groups excluding carboxylic acids is 2. The molecule has 0 saturated carbocycles. The Balaban J connectivity index is 2.16. The SMILES string of the molecule is COC(=O)C1CCN(C(=O)c2ccccc2C#CCN)C1. The zero-order chi connectivity index (χ0) is 15.2. The fourth-order valence-corrected chi connectivity index (χ4v) is 2.40. The third-order valence-electron chi connectivity index (χ3n) is 3.49. The van der Waals surface area contributed by atoms with Gasteiger partial charge in [-0.25, -0.2) is 0 Å². The van der Waals surface area contributed by atoms with Crippen molar-refractivity contribution in [2.24, 2.45) is 11.7 Å². The van der Waals surface area contributed by atoms with Gasteiger partial charge in [-0.2, -0.15) is 0 Å². The predicted molar refractivity (Wildman–Crippen MR) is 78.4 cm³/mol. The van der Waals surface area contributed by atoms with E-state index in [1.165, 1.54) is 7.11 Å². The van der Waals surface area contributed by atoms with E-state index in [1.807, 2.05) is 6.07 Å². The van der Waals surface area contributed by atoms with Gasteiger partial charge in [0, 0.05) is 18.7 Å². The van der Waals surface area contributed by atoms with Crippen molar-refractivity contribution in [3.63, 3.8) is 0 Å². The number of ether oxygens (including phenoxy) is 1. The predicted octanol–water partition coefficient (Wildman–Crippen LogP) is 0.632. The first kappa shape index (κ1) is 15.1. The number of benzene rings is 1. The van der Waals surface area contributed by atoms with Crippen LogP contribution >= 0.6 is 0 Å². The summed E-state index contributed by atoms with van der Waals surface area (Å²) in [4.78, 5) is 25.8. The molecule has 0 radical (unpaired) electrons. The molecule has 1 amide bonds. The van der Waals surface area contributed by atoms with Gasteiger partial charge in [-0.05, 0) is 18.6 Å².